The molecule has 0 aromatic heterocycles. The number of nitrogens with zero attached hydrogens (tertiary/aromatic N) is 2. The molecule has 1 atom stereocenters. The van der Waals surface area contributed by atoms with Gasteiger partial charge in [-0.25, -0.2) is 0 Å². The van der Waals surface area contributed by atoms with Crippen LogP contribution in [0.2, 0.25) is 0 Å². The van der Waals surface area contributed by atoms with Gasteiger partial charge in [0.2, 0.25) is 5.91 Å². The Morgan fingerprint density at radius 2 is 2.00 bits per heavy atom. The summed E-state index contributed by atoms with van der Waals surface area (Å²) < 4.78 is 5.49. The Balaban J connectivity index is 1.55. The third-order valence-electron chi connectivity index (χ3n) is 5.77. The highest BCUT2D eigenvalue weighted by atomic mass is 16.5. The number of ether oxygens (including phenoxy) is 1. The van der Waals surface area contributed by atoms with Crippen molar-refractivity contribution in [3.63, 3.8) is 0 Å². The predicted molar refractivity (Wildman–Crippen MR) is 90.8 cm³/mol. The molecule has 1 spiro atoms. The summed E-state index contributed by atoms with van der Waals surface area (Å²) in [5.41, 5.74) is 9.88. The van der Waals surface area contributed by atoms with Crippen molar-refractivity contribution in [2.24, 2.45) is 11.1 Å². The third-order valence-corrected chi connectivity index (χ3v) is 5.77. The highest BCUT2D eigenvalue weighted by molar-refractivity contribution is 5.98. The summed E-state index contributed by atoms with van der Waals surface area (Å²) in [6, 6.07) is 6.14. The van der Waals surface area contributed by atoms with Gasteiger partial charge in [-0.3, -0.25) is 4.79 Å². The van der Waals surface area contributed by atoms with Crippen LogP contribution in [-0.2, 0) is 16.0 Å². The number of likely N-dealkylation sites (N-methyl/N-ethyl adjacent to an activating group) is 1. The molecule has 1 amide bonds. The van der Waals surface area contributed by atoms with E-state index in [1.165, 1.54) is 24.1 Å². The molecule has 1 aromatic carbocycles. The fourth-order valence-electron chi connectivity index (χ4n) is 4.14. The molecular weight excluding hydrogens is 290 g/mol. The standard InChI is InChI=1S/C18H25N3O2/c1-20-16-10-14(4-2-13(16)3-5-15(19)17(20)22)21-11-18(12-21)6-8-23-9-7-18/h2,4,10,15H,3,5-9,11-12,19H2,1H3. The molecule has 2 N–H and O–H groups in total. The summed E-state index contributed by atoms with van der Waals surface area (Å²) in [5.74, 6) is 0.0189. The largest absolute Gasteiger partial charge is 0.381 e. The van der Waals surface area contributed by atoms with Crippen LogP contribution in [0.1, 0.15) is 24.8 Å². The van der Waals surface area contributed by atoms with E-state index in [1.807, 2.05) is 7.05 Å². The van der Waals surface area contributed by atoms with Crippen molar-refractivity contribution in [1.29, 1.82) is 0 Å². The van der Waals surface area contributed by atoms with Crippen molar-refractivity contribution in [2.45, 2.75) is 31.7 Å². The normalized spacial score (nSPS) is 26.7. The van der Waals surface area contributed by atoms with E-state index in [4.69, 9.17) is 10.5 Å². The monoisotopic (exact) mass is 315 g/mol. The molecule has 2 fully saturated rings. The van der Waals surface area contributed by atoms with E-state index < -0.39 is 0 Å². The first-order valence-electron chi connectivity index (χ1n) is 8.57. The average Bonchev–Trinajstić information content (AvgIpc) is 2.66. The molecule has 5 heteroatoms. The van der Waals surface area contributed by atoms with Crippen LogP contribution in [0.4, 0.5) is 11.4 Å². The first-order chi connectivity index (χ1) is 11.1. The Morgan fingerprint density at radius 3 is 2.74 bits per heavy atom. The smallest absolute Gasteiger partial charge is 0.243 e. The molecule has 124 valence electrons. The Hall–Kier alpha value is -1.59. The number of benzene rings is 1. The van der Waals surface area contributed by atoms with Crippen LogP contribution in [0.3, 0.4) is 0 Å². The SMILES string of the molecule is CN1C(=O)C(N)CCc2ccc(N3CC4(CCOCC4)C3)cc21. The number of carbonyl (C=O) groups is 1. The second-order valence-corrected chi connectivity index (χ2v) is 7.32. The summed E-state index contributed by atoms with van der Waals surface area (Å²) in [6.07, 6.45) is 3.93. The first-order valence-corrected chi connectivity index (χ1v) is 8.57. The van der Waals surface area contributed by atoms with E-state index in [1.54, 1.807) is 4.90 Å². The van der Waals surface area contributed by atoms with Gasteiger partial charge in [-0.05, 0) is 43.4 Å². The lowest BCUT2D eigenvalue weighted by atomic mass is 9.73. The maximum atomic E-state index is 12.3. The number of nitrogens with two attached hydrogens (primary N) is 1. The molecule has 2 saturated heterocycles. The van der Waals surface area contributed by atoms with E-state index >= 15 is 0 Å². The van der Waals surface area contributed by atoms with Gasteiger partial charge >= 0.3 is 0 Å². The average molecular weight is 315 g/mol. The van der Waals surface area contributed by atoms with Gasteiger partial charge in [-0.2, -0.15) is 0 Å². The van der Waals surface area contributed by atoms with Crippen molar-refractivity contribution < 1.29 is 9.53 Å². The topological polar surface area (TPSA) is 58.8 Å². The molecule has 23 heavy (non-hydrogen) atoms. The zero-order valence-electron chi connectivity index (χ0n) is 13.8. The maximum absolute atomic E-state index is 12.3. The second-order valence-electron chi connectivity index (χ2n) is 7.32. The number of anilines is 2. The van der Waals surface area contributed by atoms with Gasteiger partial charge in [0.15, 0.2) is 0 Å². The van der Waals surface area contributed by atoms with Gasteiger partial charge in [0.1, 0.15) is 0 Å². The summed E-state index contributed by atoms with van der Waals surface area (Å²) in [5, 5.41) is 0. The molecule has 3 aliphatic heterocycles. The highest BCUT2D eigenvalue weighted by Gasteiger charge is 2.44. The lowest BCUT2D eigenvalue weighted by Crippen LogP contribution is -2.58. The lowest BCUT2D eigenvalue weighted by molar-refractivity contribution is -0.119. The Bertz CT molecular complexity index is 617. The Kier molecular flexibility index (Phi) is 3.58. The van der Waals surface area contributed by atoms with E-state index in [-0.39, 0.29) is 11.9 Å². The first kappa shape index (κ1) is 15.0. The van der Waals surface area contributed by atoms with Crippen LogP contribution >= 0.6 is 0 Å². The quantitative estimate of drug-likeness (QED) is 0.854. The van der Waals surface area contributed by atoms with Crippen molar-refractivity contribution >= 4 is 17.3 Å². The predicted octanol–water partition coefficient (Wildman–Crippen LogP) is 1.54. The van der Waals surface area contributed by atoms with Crippen molar-refractivity contribution in [2.75, 3.05) is 43.2 Å². The van der Waals surface area contributed by atoms with Gasteiger partial charge in [0, 0.05) is 50.1 Å². The van der Waals surface area contributed by atoms with Crippen molar-refractivity contribution in [3.8, 4) is 0 Å². The molecule has 0 bridgehead atoms. The van der Waals surface area contributed by atoms with Crippen LogP contribution in [0.5, 0.6) is 0 Å². The lowest BCUT2D eigenvalue weighted by Gasteiger charge is -2.53. The molecule has 1 unspecified atom stereocenters. The number of hydrogen-bond acceptors (Lipinski definition) is 4. The fourth-order valence-corrected chi connectivity index (χ4v) is 4.14. The van der Waals surface area contributed by atoms with Gasteiger partial charge < -0.3 is 20.3 Å². The minimum atomic E-state index is -0.384. The Labute approximate surface area is 137 Å². The van der Waals surface area contributed by atoms with Crippen LogP contribution in [0.15, 0.2) is 18.2 Å². The van der Waals surface area contributed by atoms with Crippen molar-refractivity contribution in [1.82, 2.24) is 0 Å². The van der Waals surface area contributed by atoms with Crippen LogP contribution in [0.25, 0.3) is 0 Å². The molecule has 0 radical (unpaired) electrons. The minimum Gasteiger partial charge on any atom is -0.381 e. The summed E-state index contributed by atoms with van der Waals surface area (Å²) >= 11 is 0. The van der Waals surface area contributed by atoms with Gasteiger partial charge in [-0.15, -0.1) is 0 Å². The van der Waals surface area contributed by atoms with E-state index in [2.05, 4.69) is 23.1 Å². The third kappa shape index (κ3) is 2.52. The van der Waals surface area contributed by atoms with E-state index in [0.717, 1.165) is 44.8 Å². The molecular formula is C18H25N3O2. The van der Waals surface area contributed by atoms with Gasteiger partial charge in [0.25, 0.3) is 0 Å². The van der Waals surface area contributed by atoms with E-state index in [0.29, 0.717) is 5.41 Å². The number of carbonyl (C=O) groups excluding carboxylic acids is 1. The van der Waals surface area contributed by atoms with Crippen LogP contribution in [-0.4, -0.2) is 45.3 Å². The van der Waals surface area contributed by atoms with Crippen LogP contribution < -0.4 is 15.5 Å². The summed E-state index contributed by atoms with van der Waals surface area (Å²) in [6.45, 7) is 4.00. The number of hydrogen-bond donors (Lipinski definition) is 1. The minimum absolute atomic E-state index is 0.0189. The molecule has 3 heterocycles. The molecule has 0 aliphatic carbocycles. The number of rotatable bonds is 1. The Morgan fingerprint density at radius 1 is 1.26 bits per heavy atom. The van der Waals surface area contributed by atoms with Crippen molar-refractivity contribution in [3.05, 3.63) is 23.8 Å². The van der Waals surface area contributed by atoms with Gasteiger partial charge in [0.05, 0.1) is 6.04 Å². The number of amides is 1. The van der Waals surface area contributed by atoms with Crippen LogP contribution in [0, 0.1) is 5.41 Å². The second kappa shape index (κ2) is 5.49. The molecule has 3 aliphatic rings. The highest BCUT2D eigenvalue weighted by Crippen LogP contribution is 2.43. The molecule has 4 rings (SSSR count). The number of aryl methyl sites for hydroxylation is 1. The molecule has 5 nitrogen and oxygen atoms in total. The molecule has 1 aromatic rings. The summed E-state index contributed by atoms with van der Waals surface area (Å²) in [4.78, 5) is 16.5. The zero-order chi connectivity index (χ0) is 16.0. The molecule has 0 saturated carbocycles. The van der Waals surface area contributed by atoms with E-state index in [9.17, 15) is 4.79 Å². The zero-order valence-corrected chi connectivity index (χ0v) is 13.8. The summed E-state index contributed by atoms with van der Waals surface area (Å²) in [7, 11) is 1.84. The maximum Gasteiger partial charge on any atom is 0.243 e. The van der Waals surface area contributed by atoms with Gasteiger partial charge in [-0.1, -0.05) is 6.07 Å². The fraction of sp³-hybridized carbons (Fsp3) is 0.611. The number of fused-ring (bicyclic) bond motifs is 1.